The summed E-state index contributed by atoms with van der Waals surface area (Å²) in [5.41, 5.74) is 0. The summed E-state index contributed by atoms with van der Waals surface area (Å²) in [6.07, 6.45) is -44.6. The molecule has 0 fully saturated rings. The van der Waals surface area contributed by atoms with Crippen LogP contribution in [-0.2, 0) is 31.5 Å². The molecule has 0 bridgehead atoms. The van der Waals surface area contributed by atoms with Crippen LogP contribution in [0.2, 0.25) is 0 Å². The van der Waals surface area contributed by atoms with Crippen LogP contribution in [0.1, 0.15) is 0 Å². The first-order valence-corrected chi connectivity index (χ1v) is 19.3. The molecule has 0 saturated heterocycles. The number of aliphatic hydroxyl groups excluding tert-OH is 20. The maximum atomic E-state index is 12.9. The van der Waals surface area contributed by atoms with Gasteiger partial charge in [-0.1, -0.05) is 0 Å². The number of aliphatic hydroxyl groups is 20. The van der Waals surface area contributed by atoms with Crippen LogP contribution in [-0.4, -0.2) is 270 Å². The predicted molar refractivity (Wildman–Crippen MR) is 155 cm³/mol. The molecule has 20 N–H and O–H groups in total. The molecule has 28 nitrogen and oxygen atoms in total. The molecule has 53 heavy (non-hydrogen) atoms. The molecule has 0 aliphatic heterocycles. The van der Waals surface area contributed by atoms with E-state index in [2.05, 4.69) is 12.3 Å². The van der Waals surface area contributed by atoms with Crippen LogP contribution in [0, 0.1) is 0 Å². The van der Waals surface area contributed by atoms with E-state index in [1.54, 1.807) is 0 Å². The van der Waals surface area contributed by atoms with Crippen molar-refractivity contribution < 1.29 is 134 Å². The van der Waals surface area contributed by atoms with Crippen LogP contribution < -0.4 is 0 Å². The van der Waals surface area contributed by atoms with E-state index < -0.39 is 168 Å². The fraction of sp³-hybridized carbons (Fsp3) is 0.833. The van der Waals surface area contributed by atoms with Crippen LogP contribution in [0.25, 0.3) is 0 Å². The van der Waals surface area contributed by atoms with Gasteiger partial charge in [0.1, 0.15) is 0 Å². The zero-order valence-electron chi connectivity index (χ0n) is 26.8. The third-order valence-corrected chi connectivity index (χ3v) is 12.0. The Kier molecular flexibility index (Phi) is 22.1. The zero-order valence-corrected chi connectivity index (χ0v) is 29.6. The van der Waals surface area contributed by atoms with Gasteiger partial charge in [-0.25, -0.2) is 0 Å². The monoisotopic (exact) mass is 900 g/mol. The Hall–Kier alpha value is -2.12. The number of hydrogen-bond acceptors (Lipinski definition) is 28. The second kappa shape index (κ2) is 23.1. The second-order valence-corrected chi connectivity index (χ2v) is 16.1. The fourth-order valence-electron chi connectivity index (χ4n) is 3.51. The maximum absolute atomic E-state index is 12.9. The van der Waals surface area contributed by atoms with Gasteiger partial charge in [0.25, 0.3) is 0 Å². The molecule has 29 heteroatoms. The minimum atomic E-state index is -8.11. The third kappa shape index (κ3) is 14.2. The molecular weight excluding hydrogens is 855 g/mol. The van der Waals surface area contributed by atoms with E-state index in [4.69, 9.17) is 20.4 Å². The van der Waals surface area contributed by atoms with Gasteiger partial charge in [-0.05, 0) is 0 Å². The molecule has 0 rings (SSSR count). The van der Waals surface area contributed by atoms with Gasteiger partial charge in [0, 0.05) is 0 Å². The van der Waals surface area contributed by atoms with E-state index in [0.29, 0.717) is 0 Å². The van der Waals surface area contributed by atoms with E-state index in [9.17, 15) is 101 Å². The molecule has 0 spiro atoms. The molecule has 0 aromatic heterocycles. The molecule has 0 saturated carbocycles. The Balaban J connectivity index is 7.35. The summed E-state index contributed by atoms with van der Waals surface area (Å²) in [7, 11) is 0. The average molecular weight is 899 g/mol. The van der Waals surface area contributed by atoms with Gasteiger partial charge in [-0.2, -0.15) is 0 Å². The van der Waals surface area contributed by atoms with Crippen molar-refractivity contribution in [2.75, 3.05) is 26.4 Å². The first-order valence-electron chi connectivity index (χ1n) is 14.6. The normalized spacial score (nSPS) is 22.3. The van der Waals surface area contributed by atoms with Crippen LogP contribution in [0.15, 0.2) is 0 Å². The third-order valence-electron chi connectivity index (χ3n) is 6.89. The van der Waals surface area contributed by atoms with Crippen LogP contribution in [0.5, 0.6) is 0 Å². The van der Waals surface area contributed by atoms with Gasteiger partial charge in [-0.15, -0.1) is 0 Å². The second-order valence-electron chi connectivity index (χ2n) is 10.9. The topological polar surface area (TPSA) is 510 Å². The van der Waals surface area contributed by atoms with E-state index >= 15 is 0 Å². The van der Waals surface area contributed by atoms with Gasteiger partial charge in [0.05, 0.1) is 0 Å². The van der Waals surface area contributed by atoms with Crippen molar-refractivity contribution in [3.05, 3.63) is 0 Å². The quantitative estimate of drug-likeness (QED) is 0.0400. The number of rotatable bonds is 24. The van der Waals surface area contributed by atoms with Crippen molar-refractivity contribution in [3.63, 3.8) is 0 Å². The Morgan fingerprint density at radius 1 is 0.321 bits per heavy atom. The van der Waals surface area contributed by atoms with Gasteiger partial charge >= 0.3 is 302 Å². The molecule has 16 atom stereocenters. The first kappa shape index (κ1) is 50.9. The number of carbonyl (C=O) groups excluding carboxylic acids is 4. The van der Waals surface area contributed by atoms with Gasteiger partial charge in [0.15, 0.2) is 0 Å². The zero-order chi connectivity index (χ0) is 41.7. The first-order chi connectivity index (χ1) is 24.4. The Labute approximate surface area is 301 Å². The van der Waals surface area contributed by atoms with Gasteiger partial charge in [0.2, 0.25) is 0 Å². The van der Waals surface area contributed by atoms with Crippen molar-refractivity contribution in [1.29, 1.82) is 0 Å². The molecule has 0 aliphatic carbocycles. The van der Waals surface area contributed by atoms with Crippen molar-refractivity contribution in [3.8, 4) is 0 Å². The molecule has 312 valence electrons. The summed E-state index contributed by atoms with van der Waals surface area (Å²) in [6.45, 7) is -5.33. The van der Waals surface area contributed by atoms with Gasteiger partial charge < -0.3 is 0 Å². The van der Waals surface area contributed by atoms with E-state index in [1.165, 1.54) is 0 Å². The van der Waals surface area contributed by atoms with Gasteiger partial charge in [-0.3, -0.25) is 0 Å². The number of carbonyl (C=O) groups is 4. The molecule has 16 unspecified atom stereocenters. The van der Waals surface area contributed by atoms with Crippen LogP contribution >= 0.6 is 0 Å². The Morgan fingerprint density at radius 3 is 0.604 bits per heavy atom. The molecular formula is C24H44O28Sn. The van der Waals surface area contributed by atoms with Crippen LogP contribution in [0.4, 0.5) is 0 Å². The fourth-order valence-corrected chi connectivity index (χ4v) is 8.41. The SMILES string of the molecule is O=C([O][Sn]([O]C(=O)C(O)C(O)C(O)C(O)CO)([O]C(=O)C(O)C(O)C(O)C(O)CO)[O]C(=O)C(O)C(O)C(O)C(O)CO)C(O)C(O)C(O)C(O)CO. The van der Waals surface area contributed by atoms with Crippen molar-refractivity contribution >= 4 is 43.9 Å². The Bertz CT molecular complexity index is 973. The summed E-state index contributed by atoms with van der Waals surface area (Å²) in [4.78, 5) is 51.7. The molecule has 0 aromatic rings. The standard InChI is InChI=1S/4C6H12O7.Sn/c4*7-1-2(8)3(9)4(10)5(11)6(12)13;/h4*2-5,7-11H,1H2,(H,12,13);/q;;;;+4/p-4. The molecule has 0 aliphatic rings. The van der Waals surface area contributed by atoms with Crippen LogP contribution in [0.3, 0.4) is 0 Å². The van der Waals surface area contributed by atoms with Crippen molar-refractivity contribution in [2.24, 2.45) is 0 Å². The molecule has 0 aromatic carbocycles. The molecule has 0 amide bonds. The molecule has 0 radical (unpaired) electrons. The summed E-state index contributed by atoms with van der Waals surface area (Å²) in [5.74, 6) is -10.1. The van der Waals surface area contributed by atoms with E-state index in [1.807, 2.05) is 0 Å². The van der Waals surface area contributed by atoms with E-state index in [-0.39, 0.29) is 0 Å². The van der Waals surface area contributed by atoms with E-state index in [0.717, 1.165) is 0 Å². The van der Waals surface area contributed by atoms with Crippen molar-refractivity contribution in [1.82, 2.24) is 0 Å². The summed E-state index contributed by atoms with van der Waals surface area (Å²) < 4.78 is 18.1. The van der Waals surface area contributed by atoms with Crippen molar-refractivity contribution in [2.45, 2.75) is 97.7 Å². The Morgan fingerprint density at radius 2 is 0.472 bits per heavy atom. The average Bonchev–Trinajstić information content (AvgIpc) is 3.15. The minimum absolute atomic E-state index is 1.33. The molecule has 0 heterocycles. The summed E-state index contributed by atoms with van der Waals surface area (Å²) in [6, 6.07) is 0. The predicted octanol–water partition coefficient (Wildman–Crippen LogP) is -14.7. The summed E-state index contributed by atoms with van der Waals surface area (Å²) >= 11 is -8.11. The number of hydrogen-bond donors (Lipinski definition) is 20. The summed E-state index contributed by atoms with van der Waals surface area (Å²) in [5, 5.41) is 195.